The van der Waals surface area contributed by atoms with Crippen molar-refractivity contribution in [2.75, 3.05) is 0 Å². The van der Waals surface area contributed by atoms with Crippen molar-refractivity contribution >= 4 is 27.0 Å². The molecule has 0 aliphatic carbocycles. The van der Waals surface area contributed by atoms with Crippen molar-refractivity contribution in [3.63, 3.8) is 0 Å². The summed E-state index contributed by atoms with van der Waals surface area (Å²) in [7, 11) is 1.88. The number of imidazole rings is 1. The van der Waals surface area contributed by atoms with Crippen molar-refractivity contribution < 1.29 is 0 Å². The van der Waals surface area contributed by atoms with Crippen LogP contribution in [0, 0.1) is 6.92 Å². The van der Waals surface area contributed by atoms with Crippen LogP contribution in [0.4, 0.5) is 0 Å². The van der Waals surface area contributed by atoms with E-state index < -0.39 is 0 Å². The monoisotopic (exact) mass is 241 g/mol. The van der Waals surface area contributed by atoms with Gasteiger partial charge in [-0.2, -0.15) is 0 Å². The van der Waals surface area contributed by atoms with Crippen LogP contribution in [0.2, 0.25) is 0 Å². The number of fused-ring (bicyclic) bond motifs is 1. The molecule has 0 aliphatic rings. The molecule has 2 aromatic rings. The van der Waals surface area contributed by atoms with E-state index in [2.05, 4.69) is 25.9 Å². The summed E-state index contributed by atoms with van der Waals surface area (Å²) in [5, 5.41) is 0. The standard InChI is InChI=1S/C8H8BrN3O/c1-4-11-6-7(12(4)2)5(9)3-10-8(6)13/h3H,1-2H3,(H,10,13). The lowest BCUT2D eigenvalue weighted by Gasteiger charge is -1.97. The molecule has 2 rings (SSSR count). The van der Waals surface area contributed by atoms with Crippen LogP contribution in [-0.2, 0) is 7.05 Å². The van der Waals surface area contributed by atoms with E-state index in [1.165, 1.54) is 0 Å². The van der Waals surface area contributed by atoms with E-state index in [1.807, 2.05) is 18.5 Å². The quantitative estimate of drug-likeness (QED) is 0.757. The second kappa shape index (κ2) is 2.70. The molecule has 1 N–H and O–H groups in total. The number of hydrogen-bond donors (Lipinski definition) is 1. The second-order valence-corrected chi connectivity index (χ2v) is 3.74. The predicted molar refractivity (Wildman–Crippen MR) is 53.8 cm³/mol. The first kappa shape index (κ1) is 8.50. The van der Waals surface area contributed by atoms with Crippen LogP contribution in [0.25, 0.3) is 11.0 Å². The van der Waals surface area contributed by atoms with Gasteiger partial charge in [-0.1, -0.05) is 0 Å². The van der Waals surface area contributed by atoms with Crippen LogP contribution >= 0.6 is 15.9 Å². The third-order valence-electron chi connectivity index (χ3n) is 2.09. The molecule has 0 bridgehead atoms. The maximum atomic E-state index is 11.3. The molecule has 4 nitrogen and oxygen atoms in total. The molecular weight excluding hydrogens is 234 g/mol. The van der Waals surface area contributed by atoms with Gasteiger partial charge >= 0.3 is 0 Å². The van der Waals surface area contributed by atoms with Gasteiger partial charge in [-0.15, -0.1) is 0 Å². The molecule has 13 heavy (non-hydrogen) atoms. The number of halogens is 1. The first-order valence-electron chi connectivity index (χ1n) is 3.81. The molecule has 0 atom stereocenters. The molecule has 0 spiro atoms. The Bertz CT molecular complexity index is 526. The largest absolute Gasteiger partial charge is 0.330 e. The van der Waals surface area contributed by atoms with Crippen molar-refractivity contribution in [1.29, 1.82) is 0 Å². The third-order valence-corrected chi connectivity index (χ3v) is 2.69. The number of aryl methyl sites for hydroxylation is 2. The van der Waals surface area contributed by atoms with Gasteiger partial charge < -0.3 is 9.55 Å². The summed E-state index contributed by atoms with van der Waals surface area (Å²) in [5.74, 6) is 0.826. The number of rotatable bonds is 0. The Balaban J connectivity index is 3.09. The van der Waals surface area contributed by atoms with Crippen LogP contribution in [0.3, 0.4) is 0 Å². The average molecular weight is 242 g/mol. The number of aromatic nitrogens is 3. The minimum atomic E-state index is -0.151. The van der Waals surface area contributed by atoms with Gasteiger partial charge in [-0.25, -0.2) is 4.98 Å². The normalized spacial score (nSPS) is 11.0. The maximum Gasteiger partial charge on any atom is 0.276 e. The Labute approximate surface area is 82.7 Å². The zero-order valence-corrected chi connectivity index (χ0v) is 8.84. The lowest BCUT2D eigenvalue weighted by molar-refractivity contribution is 0.884. The van der Waals surface area contributed by atoms with Crippen LogP contribution < -0.4 is 5.56 Å². The molecular formula is C8H8BrN3O. The number of nitrogens with zero attached hydrogens (tertiary/aromatic N) is 2. The zero-order valence-electron chi connectivity index (χ0n) is 7.26. The molecule has 0 radical (unpaired) electrons. The Hall–Kier alpha value is -1.10. The van der Waals surface area contributed by atoms with E-state index in [0.29, 0.717) is 5.52 Å². The average Bonchev–Trinajstić information content (AvgIpc) is 2.38. The summed E-state index contributed by atoms with van der Waals surface area (Å²) in [6, 6.07) is 0. The summed E-state index contributed by atoms with van der Waals surface area (Å²) >= 11 is 3.36. The van der Waals surface area contributed by atoms with Crippen LogP contribution in [0.15, 0.2) is 15.5 Å². The highest BCUT2D eigenvalue weighted by Gasteiger charge is 2.10. The number of H-pyrrole nitrogens is 1. The lowest BCUT2D eigenvalue weighted by atomic mass is 10.4. The Morgan fingerprint density at radius 2 is 2.31 bits per heavy atom. The van der Waals surface area contributed by atoms with E-state index >= 15 is 0 Å². The summed E-state index contributed by atoms with van der Waals surface area (Å²) in [4.78, 5) is 18.1. The summed E-state index contributed by atoms with van der Waals surface area (Å²) < 4.78 is 2.74. The fourth-order valence-corrected chi connectivity index (χ4v) is 1.88. The topological polar surface area (TPSA) is 50.7 Å². The number of nitrogens with one attached hydrogen (secondary N) is 1. The number of pyridine rings is 1. The fourth-order valence-electron chi connectivity index (χ4n) is 1.31. The van der Waals surface area contributed by atoms with Gasteiger partial charge in [-0.05, 0) is 22.9 Å². The van der Waals surface area contributed by atoms with Gasteiger partial charge in [0.1, 0.15) is 5.82 Å². The highest BCUT2D eigenvalue weighted by Crippen LogP contribution is 2.19. The molecule has 0 unspecified atom stereocenters. The minimum Gasteiger partial charge on any atom is -0.330 e. The van der Waals surface area contributed by atoms with Gasteiger partial charge in [0, 0.05) is 13.2 Å². The first-order valence-corrected chi connectivity index (χ1v) is 4.61. The number of hydrogen-bond acceptors (Lipinski definition) is 2. The predicted octanol–water partition coefficient (Wildman–Crippen LogP) is 1.33. The van der Waals surface area contributed by atoms with Crippen LogP contribution in [0.1, 0.15) is 5.82 Å². The summed E-state index contributed by atoms with van der Waals surface area (Å²) in [6.07, 6.45) is 1.63. The highest BCUT2D eigenvalue weighted by molar-refractivity contribution is 9.10. The molecule has 68 valence electrons. The van der Waals surface area contributed by atoms with E-state index in [0.717, 1.165) is 15.8 Å². The lowest BCUT2D eigenvalue weighted by Crippen LogP contribution is -2.05. The highest BCUT2D eigenvalue weighted by atomic mass is 79.9. The molecule has 0 saturated heterocycles. The zero-order chi connectivity index (χ0) is 9.59. The molecule has 2 aromatic heterocycles. The van der Waals surface area contributed by atoms with Gasteiger partial charge in [0.25, 0.3) is 5.56 Å². The Morgan fingerprint density at radius 3 is 2.92 bits per heavy atom. The van der Waals surface area contributed by atoms with E-state index in [1.54, 1.807) is 6.20 Å². The molecule has 2 heterocycles. The molecule has 0 aliphatic heterocycles. The Morgan fingerprint density at radius 1 is 1.62 bits per heavy atom. The van der Waals surface area contributed by atoms with Gasteiger partial charge in [-0.3, -0.25) is 4.79 Å². The van der Waals surface area contributed by atoms with E-state index in [9.17, 15) is 4.79 Å². The van der Waals surface area contributed by atoms with Crippen molar-refractivity contribution in [3.05, 3.63) is 26.8 Å². The fraction of sp³-hybridized carbons (Fsp3) is 0.250. The van der Waals surface area contributed by atoms with Gasteiger partial charge in [0.05, 0.1) is 9.99 Å². The SMILES string of the molecule is Cc1nc2c(=O)[nH]cc(Br)c2n1C. The van der Waals surface area contributed by atoms with Gasteiger partial charge in [0.2, 0.25) is 0 Å². The molecule has 0 amide bonds. The van der Waals surface area contributed by atoms with E-state index in [4.69, 9.17) is 0 Å². The van der Waals surface area contributed by atoms with E-state index in [-0.39, 0.29) is 5.56 Å². The van der Waals surface area contributed by atoms with Crippen molar-refractivity contribution in [3.8, 4) is 0 Å². The molecule has 0 fully saturated rings. The molecule has 5 heteroatoms. The smallest absolute Gasteiger partial charge is 0.276 e. The van der Waals surface area contributed by atoms with Crippen molar-refractivity contribution in [1.82, 2.24) is 14.5 Å². The minimum absolute atomic E-state index is 0.151. The summed E-state index contributed by atoms with van der Waals surface area (Å²) in [6.45, 7) is 1.87. The molecule has 0 aromatic carbocycles. The summed E-state index contributed by atoms with van der Waals surface area (Å²) in [5.41, 5.74) is 1.16. The third kappa shape index (κ3) is 1.11. The second-order valence-electron chi connectivity index (χ2n) is 2.88. The molecule has 0 saturated carbocycles. The Kier molecular flexibility index (Phi) is 1.76. The van der Waals surface area contributed by atoms with Crippen molar-refractivity contribution in [2.45, 2.75) is 6.92 Å². The number of aromatic amines is 1. The maximum absolute atomic E-state index is 11.3. The van der Waals surface area contributed by atoms with Crippen LogP contribution in [0.5, 0.6) is 0 Å². The van der Waals surface area contributed by atoms with Gasteiger partial charge in [0.15, 0.2) is 5.52 Å². The van der Waals surface area contributed by atoms with Crippen LogP contribution in [-0.4, -0.2) is 14.5 Å². The van der Waals surface area contributed by atoms with Crippen molar-refractivity contribution in [2.24, 2.45) is 7.05 Å². The first-order chi connectivity index (χ1) is 6.11.